The predicted octanol–water partition coefficient (Wildman–Crippen LogP) is 1.87. The Morgan fingerprint density at radius 2 is 1.96 bits per heavy atom. The molecule has 0 spiro atoms. The zero-order valence-corrected chi connectivity index (χ0v) is 16.0. The number of likely N-dealkylation sites (N-methyl/N-ethyl adjacent to an activating group) is 1. The van der Waals surface area contributed by atoms with Gasteiger partial charge in [-0.05, 0) is 46.7 Å². The van der Waals surface area contributed by atoms with Gasteiger partial charge in [0.1, 0.15) is 4.90 Å². The highest BCUT2D eigenvalue weighted by atomic mass is 32.2. The van der Waals surface area contributed by atoms with Crippen molar-refractivity contribution in [1.82, 2.24) is 19.0 Å². The molecular formula is C16H30N4O2S. The second-order valence-electron chi connectivity index (χ2n) is 6.88. The van der Waals surface area contributed by atoms with E-state index in [0.29, 0.717) is 29.6 Å². The second-order valence-corrected chi connectivity index (χ2v) is 8.71. The monoisotopic (exact) mass is 342 g/mol. The van der Waals surface area contributed by atoms with E-state index in [-0.39, 0.29) is 6.04 Å². The molecule has 1 saturated heterocycles. The van der Waals surface area contributed by atoms with Gasteiger partial charge in [-0.15, -0.1) is 0 Å². The minimum Gasteiger partial charge on any atom is -0.308 e. The highest BCUT2D eigenvalue weighted by Crippen LogP contribution is 2.33. The Bertz CT molecular complexity index is 651. The summed E-state index contributed by atoms with van der Waals surface area (Å²) in [5.41, 5.74) is 1.36. The third kappa shape index (κ3) is 3.46. The Balaban J connectivity index is 2.37. The maximum atomic E-state index is 13.2. The molecule has 0 unspecified atom stereocenters. The van der Waals surface area contributed by atoms with Crippen molar-refractivity contribution in [3.63, 3.8) is 0 Å². The van der Waals surface area contributed by atoms with E-state index in [4.69, 9.17) is 0 Å². The van der Waals surface area contributed by atoms with Crippen LogP contribution in [0.2, 0.25) is 0 Å². The molecule has 2 heterocycles. The van der Waals surface area contributed by atoms with Gasteiger partial charge >= 0.3 is 0 Å². The number of aromatic nitrogens is 2. The van der Waals surface area contributed by atoms with E-state index in [2.05, 4.69) is 23.8 Å². The SMILES string of the molecule is CC[C@H]1[C@H](C)CCN1S(=O)(=O)c1c(C)nn(CCN(C)C)c1C. The fourth-order valence-corrected chi connectivity index (χ4v) is 5.75. The van der Waals surface area contributed by atoms with Crippen molar-refractivity contribution < 1.29 is 8.42 Å². The van der Waals surface area contributed by atoms with Crippen LogP contribution in [0.25, 0.3) is 0 Å². The van der Waals surface area contributed by atoms with E-state index in [1.807, 2.05) is 25.7 Å². The summed E-state index contributed by atoms with van der Waals surface area (Å²) in [7, 11) is 0.526. The lowest BCUT2D eigenvalue weighted by Crippen LogP contribution is -2.37. The molecule has 1 aromatic heterocycles. The summed E-state index contributed by atoms with van der Waals surface area (Å²) >= 11 is 0. The number of rotatable bonds is 6. The van der Waals surface area contributed by atoms with Crippen LogP contribution in [0.15, 0.2) is 4.90 Å². The molecule has 0 aliphatic carbocycles. The molecular weight excluding hydrogens is 312 g/mol. The number of sulfonamides is 1. The van der Waals surface area contributed by atoms with Crippen LogP contribution in [0.3, 0.4) is 0 Å². The Hall–Kier alpha value is -0.920. The Kier molecular flexibility index (Phi) is 5.53. The molecule has 1 aromatic rings. The van der Waals surface area contributed by atoms with E-state index in [1.165, 1.54) is 0 Å². The first kappa shape index (κ1) is 18.4. The van der Waals surface area contributed by atoms with Crippen LogP contribution in [0, 0.1) is 19.8 Å². The van der Waals surface area contributed by atoms with E-state index in [1.54, 1.807) is 11.2 Å². The molecule has 1 fully saturated rings. The molecule has 1 aliphatic rings. The maximum Gasteiger partial charge on any atom is 0.247 e. The molecule has 23 heavy (non-hydrogen) atoms. The van der Waals surface area contributed by atoms with Gasteiger partial charge in [0.2, 0.25) is 10.0 Å². The molecule has 0 amide bonds. The number of hydrogen-bond donors (Lipinski definition) is 0. The first-order valence-electron chi connectivity index (χ1n) is 8.40. The standard InChI is InChI=1S/C16H30N4O2S/c1-7-15-12(2)8-9-20(15)23(21,22)16-13(3)17-19(14(16)4)11-10-18(5)6/h12,15H,7-11H2,1-6H3/t12-,15+/m1/s1. The second kappa shape index (κ2) is 6.91. The zero-order valence-electron chi connectivity index (χ0n) is 15.2. The summed E-state index contributed by atoms with van der Waals surface area (Å²) in [6.07, 6.45) is 1.79. The third-order valence-corrected chi connectivity index (χ3v) is 7.07. The van der Waals surface area contributed by atoms with Gasteiger partial charge in [0.15, 0.2) is 0 Å². The fraction of sp³-hybridized carbons (Fsp3) is 0.812. The Morgan fingerprint density at radius 3 is 2.52 bits per heavy atom. The number of hydrogen-bond acceptors (Lipinski definition) is 4. The summed E-state index contributed by atoms with van der Waals surface area (Å²) in [6, 6.07) is 0.101. The highest BCUT2D eigenvalue weighted by molar-refractivity contribution is 7.89. The van der Waals surface area contributed by atoms with Gasteiger partial charge in [-0.3, -0.25) is 4.68 Å². The highest BCUT2D eigenvalue weighted by Gasteiger charge is 2.40. The van der Waals surface area contributed by atoms with Crippen molar-refractivity contribution in [3.8, 4) is 0 Å². The number of nitrogens with zero attached hydrogens (tertiary/aromatic N) is 4. The normalized spacial score (nSPS) is 23.1. The summed E-state index contributed by atoms with van der Waals surface area (Å²) < 4.78 is 29.9. The molecule has 0 radical (unpaired) electrons. The summed E-state index contributed by atoms with van der Waals surface area (Å²) in [4.78, 5) is 2.48. The van der Waals surface area contributed by atoms with E-state index in [9.17, 15) is 8.42 Å². The largest absolute Gasteiger partial charge is 0.308 e. The van der Waals surface area contributed by atoms with Gasteiger partial charge in [0, 0.05) is 19.1 Å². The Morgan fingerprint density at radius 1 is 1.30 bits per heavy atom. The average Bonchev–Trinajstić information content (AvgIpc) is 2.97. The average molecular weight is 343 g/mol. The van der Waals surface area contributed by atoms with Crippen molar-refractivity contribution in [1.29, 1.82) is 0 Å². The van der Waals surface area contributed by atoms with Gasteiger partial charge in [0.05, 0.1) is 17.9 Å². The number of aryl methyl sites for hydroxylation is 1. The smallest absolute Gasteiger partial charge is 0.247 e. The van der Waals surface area contributed by atoms with Crippen LogP contribution < -0.4 is 0 Å². The molecule has 0 N–H and O–H groups in total. The van der Waals surface area contributed by atoms with Gasteiger partial charge in [0.25, 0.3) is 0 Å². The zero-order chi connectivity index (χ0) is 17.4. The first-order chi connectivity index (χ1) is 10.7. The van der Waals surface area contributed by atoms with E-state index >= 15 is 0 Å². The van der Waals surface area contributed by atoms with Gasteiger partial charge in [-0.25, -0.2) is 8.42 Å². The lowest BCUT2D eigenvalue weighted by atomic mass is 10.0. The van der Waals surface area contributed by atoms with Crippen molar-refractivity contribution in [2.45, 2.75) is 58.0 Å². The lowest BCUT2D eigenvalue weighted by Gasteiger charge is -2.25. The maximum absolute atomic E-state index is 13.2. The van der Waals surface area contributed by atoms with Crippen LogP contribution in [-0.4, -0.2) is 60.6 Å². The van der Waals surface area contributed by atoms with Gasteiger partial charge in [-0.1, -0.05) is 13.8 Å². The van der Waals surface area contributed by atoms with Crippen molar-refractivity contribution in [2.75, 3.05) is 27.2 Å². The summed E-state index contributed by atoms with van der Waals surface area (Å²) in [5, 5.41) is 4.47. The summed E-state index contributed by atoms with van der Waals surface area (Å²) in [6.45, 7) is 10.0. The van der Waals surface area contributed by atoms with Crippen LogP contribution in [0.4, 0.5) is 0 Å². The fourth-order valence-electron chi connectivity index (χ4n) is 3.56. The summed E-state index contributed by atoms with van der Waals surface area (Å²) in [5.74, 6) is 0.416. The Labute approximate surface area is 140 Å². The van der Waals surface area contributed by atoms with Crippen molar-refractivity contribution >= 4 is 10.0 Å². The molecule has 132 valence electrons. The predicted molar refractivity (Wildman–Crippen MR) is 92.0 cm³/mol. The quantitative estimate of drug-likeness (QED) is 0.792. The molecule has 1 aliphatic heterocycles. The van der Waals surface area contributed by atoms with E-state index < -0.39 is 10.0 Å². The topological polar surface area (TPSA) is 58.4 Å². The minimum atomic E-state index is -3.48. The minimum absolute atomic E-state index is 0.101. The van der Waals surface area contributed by atoms with Crippen molar-refractivity contribution in [3.05, 3.63) is 11.4 Å². The lowest BCUT2D eigenvalue weighted by molar-refractivity contribution is 0.339. The first-order valence-corrected chi connectivity index (χ1v) is 9.84. The molecule has 2 rings (SSSR count). The molecule has 2 atom stereocenters. The van der Waals surface area contributed by atoms with Gasteiger partial charge in [-0.2, -0.15) is 9.40 Å². The van der Waals surface area contributed by atoms with Crippen LogP contribution in [0.5, 0.6) is 0 Å². The molecule has 0 bridgehead atoms. The molecule has 7 heteroatoms. The van der Waals surface area contributed by atoms with Crippen molar-refractivity contribution in [2.24, 2.45) is 5.92 Å². The molecule has 0 aromatic carbocycles. The third-order valence-electron chi connectivity index (χ3n) is 4.89. The van der Waals surface area contributed by atoms with Crippen LogP contribution in [0.1, 0.15) is 38.1 Å². The molecule has 6 nitrogen and oxygen atoms in total. The van der Waals surface area contributed by atoms with Crippen LogP contribution >= 0.6 is 0 Å². The van der Waals surface area contributed by atoms with Gasteiger partial charge < -0.3 is 4.90 Å². The van der Waals surface area contributed by atoms with Crippen LogP contribution in [-0.2, 0) is 16.6 Å². The molecule has 0 saturated carbocycles. The van der Waals surface area contributed by atoms with E-state index in [0.717, 1.165) is 25.1 Å².